The van der Waals surface area contributed by atoms with E-state index in [9.17, 15) is 18.8 Å². The highest BCUT2D eigenvalue weighted by Gasteiger charge is 2.41. The van der Waals surface area contributed by atoms with Gasteiger partial charge in [0.25, 0.3) is 0 Å². The lowest BCUT2D eigenvalue weighted by Crippen LogP contribution is -2.44. The minimum atomic E-state index is -2.55. The summed E-state index contributed by atoms with van der Waals surface area (Å²) in [6, 6.07) is 8.67. The maximum absolute atomic E-state index is 14.8. The van der Waals surface area contributed by atoms with Crippen molar-refractivity contribution < 1.29 is 23.4 Å². The van der Waals surface area contributed by atoms with Crippen molar-refractivity contribution in [1.29, 1.82) is 5.26 Å². The Morgan fingerprint density at radius 2 is 1.88 bits per heavy atom. The molecule has 0 spiro atoms. The second-order valence-electron chi connectivity index (χ2n) is 9.08. The van der Waals surface area contributed by atoms with E-state index in [1.807, 2.05) is 13.8 Å². The maximum atomic E-state index is 14.8. The van der Waals surface area contributed by atoms with E-state index in [0.29, 0.717) is 43.2 Å². The van der Waals surface area contributed by atoms with Gasteiger partial charge in [0.15, 0.2) is 0 Å². The first-order valence-corrected chi connectivity index (χ1v) is 11.6. The second-order valence-corrected chi connectivity index (χ2v) is 9.08. The zero-order chi connectivity index (χ0) is 24.1. The average molecular weight is 459 g/mol. The largest absolute Gasteiger partial charge is 0.493 e. The minimum Gasteiger partial charge on any atom is -0.493 e. The molecule has 33 heavy (non-hydrogen) atoms. The van der Waals surface area contributed by atoms with Crippen LogP contribution in [0, 0.1) is 17.2 Å². The van der Waals surface area contributed by atoms with Crippen LogP contribution in [0.25, 0.3) is 5.57 Å². The number of carboxylic acid groups (broad SMARTS) is 1. The number of carboxylic acids is 1. The van der Waals surface area contributed by atoms with E-state index in [4.69, 9.17) is 9.84 Å². The number of hydrogen-bond donors (Lipinski definition) is 1. The molecular formula is C26H32F2N2O3. The number of piperidine rings is 1. The smallest absolute Gasteiger partial charge is 0.335 e. The molecule has 7 heteroatoms. The van der Waals surface area contributed by atoms with Crippen LogP contribution in [0.3, 0.4) is 0 Å². The summed E-state index contributed by atoms with van der Waals surface area (Å²) >= 11 is 0. The van der Waals surface area contributed by atoms with Gasteiger partial charge >= 0.3 is 5.97 Å². The second kappa shape index (κ2) is 10.5. The Morgan fingerprint density at radius 1 is 1.24 bits per heavy atom. The zero-order valence-electron chi connectivity index (χ0n) is 19.3. The van der Waals surface area contributed by atoms with Gasteiger partial charge in [0, 0.05) is 13.0 Å². The third-order valence-corrected chi connectivity index (χ3v) is 6.91. The van der Waals surface area contributed by atoms with Crippen LogP contribution in [0.1, 0.15) is 51.5 Å². The Morgan fingerprint density at radius 3 is 2.42 bits per heavy atom. The lowest BCUT2D eigenvalue weighted by Gasteiger charge is -2.36. The molecule has 1 N–H and O–H groups in total. The molecule has 5 nitrogen and oxygen atoms in total. The van der Waals surface area contributed by atoms with Crippen molar-refractivity contribution in [2.24, 2.45) is 5.92 Å². The van der Waals surface area contributed by atoms with E-state index < -0.39 is 22.9 Å². The summed E-state index contributed by atoms with van der Waals surface area (Å²) in [4.78, 5) is 13.4. The number of nitriles is 1. The van der Waals surface area contributed by atoms with Gasteiger partial charge in [0.05, 0.1) is 12.2 Å². The van der Waals surface area contributed by atoms with Gasteiger partial charge in [-0.25, -0.2) is 13.6 Å². The summed E-state index contributed by atoms with van der Waals surface area (Å²) in [6.45, 7) is 6.65. The molecule has 1 atom stereocenters. The van der Waals surface area contributed by atoms with E-state index in [1.54, 1.807) is 30.3 Å². The number of likely N-dealkylation sites (tertiary alicyclic amines) is 1. The highest BCUT2D eigenvalue weighted by atomic mass is 19.1. The van der Waals surface area contributed by atoms with Crippen molar-refractivity contribution in [3.05, 3.63) is 47.6 Å². The number of halogens is 2. The summed E-state index contributed by atoms with van der Waals surface area (Å²) in [5.41, 5.74) is -2.91. The van der Waals surface area contributed by atoms with Gasteiger partial charge in [-0.2, -0.15) is 5.26 Å². The van der Waals surface area contributed by atoms with Crippen molar-refractivity contribution in [3.8, 4) is 11.8 Å². The van der Waals surface area contributed by atoms with E-state index in [-0.39, 0.29) is 6.42 Å². The van der Waals surface area contributed by atoms with Crippen LogP contribution < -0.4 is 4.74 Å². The standard InChI is InChI=1S/C26H32F2N2O3/c1-3-25(27,4-2)18-30-13-11-19(12-14-30)16-33-22-8-5-20(6-9-22)21-7-10-23(24(31)32)26(28,15-21)17-29/h5-10,19H,3-4,11-16,18H2,1-2H3,(H,31,32). The number of aliphatic carboxylic acids is 1. The number of hydrogen-bond acceptors (Lipinski definition) is 4. The van der Waals surface area contributed by atoms with Crippen molar-refractivity contribution in [2.45, 2.75) is 57.3 Å². The Bertz CT molecular complexity index is 939. The normalized spacial score (nSPS) is 22.3. The molecule has 1 saturated heterocycles. The molecule has 1 heterocycles. The molecule has 0 saturated carbocycles. The Kier molecular flexibility index (Phi) is 7.91. The Hall–Kier alpha value is -2.72. The molecule has 3 rings (SSSR count). The molecule has 1 aliphatic heterocycles. The first-order chi connectivity index (χ1) is 15.7. The average Bonchev–Trinajstić information content (AvgIpc) is 2.83. The summed E-state index contributed by atoms with van der Waals surface area (Å²) in [6.07, 6.45) is 5.43. The number of benzene rings is 1. The molecule has 0 aromatic heterocycles. The molecule has 1 fully saturated rings. The van der Waals surface area contributed by atoms with E-state index in [2.05, 4.69) is 4.90 Å². The summed E-state index contributed by atoms with van der Waals surface area (Å²) in [5, 5.41) is 18.3. The number of nitrogens with zero attached hydrogens (tertiary/aromatic N) is 2. The van der Waals surface area contributed by atoms with Crippen LogP contribution in [0.4, 0.5) is 8.78 Å². The van der Waals surface area contributed by atoms with Crippen LogP contribution in [-0.4, -0.2) is 53.6 Å². The molecule has 0 amide bonds. The Balaban J connectivity index is 1.52. The molecule has 2 aliphatic rings. The fourth-order valence-electron chi connectivity index (χ4n) is 4.44. The molecule has 1 aromatic carbocycles. The fraction of sp³-hybridized carbons (Fsp3) is 0.538. The topological polar surface area (TPSA) is 73.6 Å². The summed E-state index contributed by atoms with van der Waals surface area (Å²) in [7, 11) is 0. The number of ether oxygens (including phenoxy) is 1. The molecule has 1 aliphatic carbocycles. The predicted molar refractivity (Wildman–Crippen MR) is 123 cm³/mol. The molecule has 178 valence electrons. The highest BCUT2D eigenvalue weighted by molar-refractivity contribution is 5.93. The van der Waals surface area contributed by atoms with Gasteiger partial charge in [-0.3, -0.25) is 0 Å². The predicted octanol–water partition coefficient (Wildman–Crippen LogP) is 5.34. The number of alkyl halides is 2. The number of carbonyl (C=O) groups is 1. The molecule has 1 aromatic rings. The van der Waals surface area contributed by atoms with Crippen molar-refractivity contribution >= 4 is 11.5 Å². The van der Waals surface area contributed by atoms with Crippen LogP contribution in [0.15, 0.2) is 42.0 Å². The van der Waals surface area contributed by atoms with Gasteiger partial charge in [0.1, 0.15) is 17.5 Å². The van der Waals surface area contributed by atoms with E-state index >= 15 is 0 Å². The van der Waals surface area contributed by atoms with Gasteiger partial charge in [-0.15, -0.1) is 0 Å². The van der Waals surface area contributed by atoms with Crippen LogP contribution in [0.2, 0.25) is 0 Å². The van der Waals surface area contributed by atoms with Crippen LogP contribution in [-0.2, 0) is 4.79 Å². The minimum absolute atomic E-state index is 0.309. The number of allylic oxidation sites excluding steroid dienone is 3. The monoisotopic (exact) mass is 458 g/mol. The van der Waals surface area contributed by atoms with Crippen molar-refractivity contribution in [3.63, 3.8) is 0 Å². The third-order valence-electron chi connectivity index (χ3n) is 6.91. The van der Waals surface area contributed by atoms with Crippen molar-refractivity contribution in [2.75, 3.05) is 26.2 Å². The first-order valence-electron chi connectivity index (χ1n) is 11.6. The quantitative estimate of drug-likeness (QED) is 0.541. The number of rotatable bonds is 9. The van der Waals surface area contributed by atoms with E-state index in [0.717, 1.165) is 37.6 Å². The lowest BCUT2D eigenvalue weighted by molar-refractivity contribution is -0.133. The SMILES string of the molecule is CCC(F)(CC)CN1CCC(COc2ccc(C3=CC=C(C(=O)O)C(F)(C#N)C3)cc2)CC1. The molecule has 0 radical (unpaired) electrons. The third kappa shape index (κ3) is 6.00. The Labute approximate surface area is 194 Å². The summed E-state index contributed by atoms with van der Waals surface area (Å²) in [5.74, 6) is -0.309. The maximum Gasteiger partial charge on any atom is 0.335 e. The lowest BCUT2D eigenvalue weighted by atomic mass is 9.83. The first kappa shape index (κ1) is 24.9. The zero-order valence-corrected chi connectivity index (χ0v) is 19.3. The fourth-order valence-corrected chi connectivity index (χ4v) is 4.44. The van der Waals surface area contributed by atoms with Crippen LogP contribution >= 0.6 is 0 Å². The van der Waals surface area contributed by atoms with E-state index in [1.165, 1.54) is 6.07 Å². The summed E-state index contributed by atoms with van der Waals surface area (Å²) < 4.78 is 35.4. The van der Waals surface area contributed by atoms with Crippen LogP contribution in [0.5, 0.6) is 5.75 Å². The highest BCUT2D eigenvalue weighted by Crippen LogP contribution is 2.37. The van der Waals surface area contributed by atoms with Crippen molar-refractivity contribution in [1.82, 2.24) is 4.90 Å². The van der Waals surface area contributed by atoms with Gasteiger partial charge in [-0.1, -0.05) is 32.1 Å². The van der Waals surface area contributed by atoms with Gasteiger partial charge < -0.3 is 14.7 Å². The molecule has 1 unspecified atom stereocenters. The van der Waals surface area contributed by atoms with Gasteiger partial charge in [-0.05, 0) is 74.0 Å². The van der Waals surface area contributed by atoms with Gasteiger partial charge in [0.2, 0.25) is 5.67 Å². The molecule has 0 bridgehead atoms. The molecular weight excluding hydrogens is 426 g/mol.